The molecule has 1 aliphatic rings. The van der Waals surface area contributed by atoms with E-state index >= 15 is 0 Å². The maximum Gasteiger partial charge on any atom is 0.266 e. The van der Waals surface area contributed by atoms with Crippen LogP contribution in [0.4, 0.5) is 0 Å². The van der Waals surface area contributed by atoms with Crippen molar-refractivity contribution in [1.82, 2.24) is 4.90 Å². The molecule has 0 spiro atoms. The molecule has 9 heteroatoms. The highest BCUT2D eigenvalue weighted by molar-refractivity contribution is 9.10. The number of carbonyl (C=O) groups is 1. The van der Waals surface area contributed by atoms with Gasteiger partial charge in [-0.1, -0.05) is 35.6 Å². The monoisotopic (exact) mass is 555 g/mol. The number of benzene rings is 2. The number of thiocarbonyl (C=S) groups is 1. The first kappa shape index (κ1) is 24.9. The Morgan fingerprint density at radius 3 is 2.56 bits per heavy atom. The summed E-state index contributed by atoms with van der Waals surface area (Å²) >= 11 is 16.2. The van der Waals surface area contributed by atoms with E-state index in [0.717, 1.165) is 21.3 Å². The van der Waals surface area contributed by atoms with Crippen LogP contribution in [0, 0.1) is 6.92 Å². The van der Waals surface area contributed by atoms with Crippen molar-refractivity contribution in [2.45, 2.75) is 20.8 Å². The molecule has 0 aromatic heterocycles. The molecular formula is C23H23BrClNO4S2. The average molecular weight is 557 g/mol. The van der Waals surface area contributed by atoms with Crippen molar-refractivity contribution in [3.05, 3.63) is 55.9 Å². The summed E-state index contributed by atoms with van der Waals surface area (Å²) in [6, 6.07) is 9.27. The number of aryl methyl sites for hydroxylation is 1. The van der Waals surface area contributed by atoms with Gasteiger partial charge < -0.3 is 14.2 Å². The van der Waals surface area contributed by atoms with Gasteiger partial charge in [-0.05, 0) is 84.2 Å². The Balaban J connectivity index is 1.71. The number of ether oxygens (including phenoxy) is 3. The van der Waals surface area contributed by atoms with Gasteiger partial charge in [-0.25, -0.2) is 0 Å². The van der Waals surface area contributed by atoms with E-state index in [1.165, 1.54) is 11.8 Å². The molecule has 0 saturated carbocycles. The molecule has 3 rings (SSSR count). The average Bonchev–Trinajstić information content (AvgIpc) is 3.01. The fourth-order valence-corrected chi connectivity index (χ4v) is 5.08. The molecule has 0 bridgehead atoms. The predicted octanol–water partition coefficient (Wildman–Crippen LogP) is 6.49. The first-order valence-electron chi connectivity index (χ1n) is 10.1. The van der Waals surface area contributed by atoms with Crippen LogP contribution >= 0.6 is 51.5 Å². The number of thioether (sulfide) groups is 1. The lowest BCUT2D eigenvalue weighted by Gasteiger charge is -2.15. The van der Waals surface area contributed by atoms with Crippen LogP contribution in [-0.2, 0) is 4.79 Å². The van der Waals surface area contributed by atoms with Crippen molar-refractivity contribution in [2.75, 3.05) is 26.4 Å². The summed E-state index contributed by atoms with van der Waals surface area (Å²) < 4.78 is 18.8. The van der Waals surface area contributed by atoms with Crippen LogP contribution in [0.1, 0.15) is 25.0 Å². The molecule has 1 aliphatic heterocycles. The van der Waals surface area contributed by atoms with Crippen molar-refractivity contribution < 1.29 is 19.0 Å². The van der Waals surface area contributed by atoms with Crippen LogP contribution in [-0.4, -0.2) is 41.5 Å². The Morgan fingerprint density at radius 1 is 1.16 bits per heavy atom. The largest absolute Gasteiger partial charge is 0.490 e. The zero-order chi connectivity index (χ0) is 23.3. The molecule has 0 aliphatic carbocycles. The molecule has 0 radical (unpaired) electrons. The Labute approximate surface area is 211 Å². The van der Waals surface area contributed by atoms with E-state index in [1.807, 2.05) is 57.2 Å². The van der Waals surface area contributed by atoms with Gasteiger partial charge in [0, 0.05) is 11.6 Å². The van der Waals surface area contributed by atoms with Crippen LogP contribution in [0.25, 0.3) is 6.08 Å². The quantitative estimate of drug-likeness (QED) is 0.200. The van der Waals surface area contributed by atoms with Crippen molar-refractivity contribution in [1.29, 1.82) is 0 Å². The lowest BCUT2D eigenvalue weighted by atomic mass is 10.2. The summed E-state index contributed by atoms with van der Waals surface area (Å²) in [4.78, 5) is 14.7. The molecule has 170 valence electrons. The summed E-state index contributed by atoms with van der Waals surface area (Å²) in [5.41, 5.74) is 1.77. The van der Waals surface area contributed by atoms with E-state index in [1.54, 1.807) is 4.90 Å². The van der Waals surface area contributed by atoms with E-state index < -0.39 is 0 Å². The van der Waals surface area contributed by atoms with E-state index in [-0.39, 0.29) is 5.91 Å². The molecular weight excluding hydrogens is 534 g/mol. The lowest BCUT2D eigenvalue weighted by molar-refractivity contribution is -0.121. The van der Waals surface area contributed by atoms with E-state index in [4.69, 9.17) is 38.0 Å². The summed E-state index contributed by atoms with van der Waals surface area (Å²) in [6.45, 7) is 7.46. The summed E-state index contributed by atoms with van der Waals surface area (Å²) in [6.07, 6.45) is 1.82. The van der Waals surface area contributed by atoms with Gasteiger partial charge in [-0.3, -0.25) is 9.69 Å². The Bertz CT molecular complexity index is 1060. The third-order valence-corrected chi connectivity index (χ3v) is 6.94. The molecule has 0 atom stereocenters. The molecule has 2 aromatic rings. The Hall–Kier alpha value is -1.74. The normalized spacial score (nSPS) is 14.9. The molecule has 0 unspecified atom stereocenters. The summed E-state index contributed by atoms with van der Waals surface area (Å²) in [5.74, 6) is 1.83. The SMILES string of the molecule is CCOc1cc(/C=C2\SC(=S)N(CC)C2=O)cc(Br)c1OCCOc1ccc(Cl)c(C)c1. The molecule has 2 aromatic carbocycles. The number of hydrogen-bond acceptors (Lipinski definition) is 6. The Morgan fingerprint density at radius 2 is 1.91 bits per heavy atom. The number of halogens is 2. The maximum atomic E-state index is 12.5. The van der Waals surface area contributed by atoms with Gasteiger partial charge in [-0.15, -0.1) is 0 Å². The smallest absolute Gasteiger partial charge is 0.266 e. The van der Waals surface area contributed by atoms with Gasteiger partial charge in [-0.2, -0.15) is 0 Å². The number of nitrogens with zero attached hydrogens (tertiary/aromatic N) is 1. The predicted molar refractivity (Wildman–Crippen MR) is 138 cm³/mol. The van der Waals surface area contributed by atoms with Crippen LogP contribution in [0.2, 0.25) is 5.02 Å². The highest BCUT2D eigenvalue weighted by Crippen LogP contribution is 2.39. The molecule has 32 heavy (non-hydrogen) atoms. The topological polar surface area (TPSA) is 48.0 Å². The minimum absolute atomic E-state index is 0.0773. The van der Waals surface area contributed by atoms with Gasteiger partial charge in [0.1, 0.15) is 23.3 Å². The fraction of sp³-hybridized carbons (Fsp3) is 0.304. The first-order valence-corrected chi connectivity index (χ1v) is 12.5. The van der Waals surface area contributed by atoms with Crippen LogP contribution in [0.3, 0.4) is 0 Å². The van der Waals surface area contributed by atoms with Crippen LogP contribution in [0.15, 0.2) is 39.7 Å². The number of likely N-dealkylation sites (N-methyl/N-ethyl adjacent to an activating group) is 1. The highest BCUT2D eigenvalue weighted by Gasteiger charge is 2.30. The second-order valence-electron chi connectivity index (χ2n) is 6.80. The fourth-order valence-electron chi connectivity index (χ4n) is 3.01. The van der Waals surface area contributed by atoms with Crippen LogP contribution < -0.4 is 14.2 Å². The van der Waals surface area contributed by atoms with Gasteiger partial charge >= 0.3 is 0 Å². The molecule has 1 saturated heterocycles. The summed E-state index contributed by atoms with van der Waals surface area (Å²) in [7, 11) is 0. The molecule has 1 heterocycles. The lowest BCUT2D eigenvalue weighted by Crippen LogP contribution is -2.27. The van der Waals surface area contributed by atoms with E-state index in [2.05, 4.69) is 15.9 Å². The van der Waals surface area contributed by atoms with Crippen molar-refractivity contribution >= 4 is 67.8 Å². The van der Waals surface area contributed by atoms with Gasteiger partial charge in [0.15, 0.2) is 11.5 Å². The third-order valence-electron chi connectivity index (χ3n) is 4.55. The van der Waals surface area contributed by atoms with Gasteiger partial charge in [0.05, 0.1) is 16.0 Å². The number of amides is 1. The minimum Gasteiger partial charge on any atom is -0.490 e. The van der Waals surface area contributed by atoms with E-state index in [0.29, 0.717) is 52.1 Å². The molecule has 5 nitrogen and oxygen atoms in total. The van der Waals surface area contributed by atoms with Crippen molar-refractivity contribution in [2.24, 2.45) is 0 Å². The zero-order valence-corrected chi connectivity index (χ0v) is 21.9. The third kappa shape index (κ3) is 5.98. The van der Waals surface area contributed by atoms with Crippen LogP contribution in [0.5, 0.6) is 17.2 Å². The Kier molecular flexibility index (Phi) is 8.87. The first-order chi connectivity index (χ1) is 15.3. The molecule has 1 amide bonds. The second kappa shape index (κ2) is 11.4. The molecule has 1 fully saturated rings. The van der Waals surface area contributed by atoms with Crippen molar-refractivity contribution in [3.8, 4) is 17.2 Å². The highest BCUT2D eigenvalue weighted by atomic mass is 79.9. The number of carbonyl (C=O) groups excluding carboxylic acids is 1. The molecule has 0 N–H and O–H groups in total. The summed E-state index contributed by atoms with van der Waals surface area (Å²) in [5, 5.41) is 0.705. The van der Waals surface area contributed by atoms with Crippen molar-refractivity contribution in [3.63, 3.8) is 0 Å². The van der Waals surface area contributed by atoms with Gasteiger partial charge in [0.25, 0.3) is 5.91 Å². The van der Waals surface area contributed by atoms with Gasteiger partial charge in [0.2, 0.25) is 0 Å². The maximum absolute atomic E-state index is 12.5. The van der Waals surface area contributed by atoms with E-state index in [9.17, 15) is 4.79 Å². The number of rotatable bonds is 9. The second-order valence-corrected chi connectivity index (χ2v) is 9.73. The minimum atomic E-state index is -0.0773. The zero-order valence-electron chi connectivity index (χ0n) is 17.9. The standard InChI is InChI=1S/C23H23BrClNO4S2/c1-4-26-22(27)20(32-23(26)31)13-15-11-17(24)21(19(12-15)28-5-2)30-9-8-29-16-6-7-18(25)14(3)10-16/h6-7,10-13H,4-5,8-9H2,1-3H3/b20-13-. The number of hydrogen-bond donors (Lipinski definition) is 0.